The third-order valence-electron chi connectivity index (χ3n) is 5.99. The summed E-state index contributed by atoms with van der Waals surface area (Å²) in [7, 11) is 0. The Hall–Kier alpha value is -4.58. The fourth-order valence-corrected chi connectivity index (χ4v) is 4.30. The molecule has 0 heterocycles. The van der Waals surface area contributed by atoms with E-state index >= 15 is 0 Å². The molecule has 4 aromatic carbocycles. The first-order valence-electron chi connectivity index (χ1n) is 11.9. The average Bonchev–Trinajstić information content (AvgIpc) is 2.85. The van der Waals surface area contributed by atoms with E-state index in [2.05, 4.69) is 0 Å². The molecule has 0 aliphatic heterocycles. The Labute approximate surface area is 215 Å². The van der Waals surface area contributed by atoms with Crippen molar-refractivity contribution in [2.45, 2.75) is 33.1 Å². The molecule has 0 aromatic heterocycles. The standard InChI is InChI=1S/C31H28O6/c1-20(32)36-29-16-6-4-10-23(29)18-24-11-7-12-25(30(24)35)19-27-14-8-13-26(31(27)37-21(2)33)17-22-9-3-5-15-28(22)34/h3-16,34-35H,17-19H2,1-2H3. The molecule has 37 heavy (non-hydrogen) atoms. The zero-order chi connectivity index (χ0) is 26.4. The van der Waals surface area contributed by atoms with E-state index in [4.69, 9.17) is 9.47 Å². The van der Waals surface area contributed by atoms with Crippen LogP contribution < -0.4 is 9.47 Å². The van der Waals surface area contributed by atoms with Gasteiger partial charge in [-0.2, -0.15) is 0 Å². The van der Waals surface area contributed by atoms with E-state index in [1.807, 2.05) is 60.7 Å². The number of aromatic hydroxyl groups is 2. The minimum atomic E-state index is -0.453. The summed E-state index contributed by atoms with van der Waals surface area (Å²) in [5.41, 5.74) is 4.31. The quantitative estimate of drug-likeness (QED) is 0.239. The number of carbonyl (C=O) groups excluding carboxylic acids is 2. The lowest BCUT2D eigenvalue weighted by Gasteiger charge is -2.16. The Balaban J connectivity index is 1.66. The van der Waals surface area contributed by atoms with Crippen molar-refractivity contribution < 1.29 is 29.3 Å². The molecule has 0 aliphatic carbocycles. The van der Waals surface area contributed by atoms with Crippen molar-refractivity contribution in [3.63, 3.8) is 0 Å². The van der Waals surface area contributed by atoms with Gasteiger partial charge in [-0.25, -0.2) is 0 Å². The molecule has 0 spiro atoms. The molecule has 0 fully saturated rings. The van der Waals surface area contributed by atoms with E-state index in [-0.39, 0.29) is 11.5 Å². The van der Waals surface area contributed by atoms with Gasteiger partial charge in [-0.05, 0) is 45.5 Å². The van der Waals surface area contributed by atoms with Crippen LogP contribution >= 0.6 is 0 Å². The SMILES string of the molecule is CC(=O)Oc1ccccc1Cc1cccc(Cc2cccc(Cc3ccccc3O)c2OC(C)=O)c1O. The van der Waals surface area contributed by atoms with E-state index in [1.165, 1.54) is 13.8 Å². The van der Waals surface area contributed by atoms with Gasteiger partial charge < -0.3 is 19.7 Å². The number of ether oxygens (including phenoxy) is 2. The van der Waals surface area contributed by atoms with Crippen molar-refractivity contribution in [1.29, 1.82) is 0 Å². The molecular formula is C31H28O6. The normalized spacial score (nSPS) is 10.6. The van der Waals surface area contributed by atoms with E-state index in [0.29, 0.717) is 47.5 Å². The third kappa shape index (κ3) is 6.35. The molecule has 6 nitrogen and oxygen atoms in total. The van der Waals surface area contributed by atoms with Gasteiger partial charge in [0.05, 0.1) is 0 Å². The van der Waals surface area contributed by atoms with Crippen molar-refractivity contribution >= 4 is 11.9 Å². The number of phenolic OH excluding ortho intramolecular Hbond substituents is 2. The van der Waals surface area contributed by atoms with Crippen molar-refractivity contribution in [1.82, 2.24) is 0 Å². The van der Waals surface area contributed by atoms with Crippen LogP contribution in [-0.2, 0) is 28.9 Å². The first-order chi connectivity index (χ1) is 17.8. The van der Waals surface area contributed by atoms with Crippen molar-refractivity contribution in [3.05, 3.63) is 118 Å². The van der Waals surface area contributed by atoms with Gasteiger partial charge in [0.15, 0.2) is 0 Å². The number of phenols is 2. The van der Waals surface area contributed by atoms with Gasteiger partial charge >= 0.3 is 11.9 Å². The summed E-state index contributed by atoms with van der Waals surface area (Å²) in [6.07, 6.45) is 1.07. The molecule has 2 N–H and O–H groups in total. The minimum absolute atomic E-state index is 0.125. The molecule has 0 unspecified atom stereocenters. The van der Waals surface area contributed by atoms with Crippen molar-refractivity contribution in [2.24, 2.45) is 0 Å². The van der Waals surface area contributed by atoms with Crippen LogP contribution in [0.15, 0.2) is 84.9 Å². The molecule has 0 bridgehead atoms. The topological polar surface area (TPSA) is 93.1 Å². The van der Waals surface area contributed by atoms with E-state index in [9.17, 15) is 19.8 Å². The van der Waals surface area contributed by atoms with Crippen LogP contribution in [0, 0.1) is 0 Å². The van der Waals surface area contributed by atoms with E-state index in [1.54, 1.807) is 24.3 Å². The highest BCUT2D eigenvalue weighted by molar-refractivity contribution is 5.71. The number of carbonyl (C=O) groups is 2. The Morgan fingerprint density at radius 1 is 0.568 bits per heavy atom. The molecular weight excluding hydrogens is 468 g/mol. The van der Waals surface area contributed by atoms with Crippen LogP contribution in [0.5, 0.6) is 23.0 Å². The number of hydrogen-bond donors (Lipinski definition) is 2. The molecule has 6 heteroatoms. The Bertz CT molecular complexity index is 1440. The van der Waals surface area contributed by atoms with Crippen LogP contribution in [0.3, 0.4) is 0 Å². The maximum Gasteiger partial charge on any atom is 0.308 e. The summed E-state index contributed by atoms with van der Waals surface area (Å²) in [5.74, 6) is 0.302. The lowest BCUT2D eigenvalue weighted by atomic mass is 9.94. The van der Waals surface area contributed by atoms with Gasteiger partial charge in [-0.15, -0.1) is 0 Å². The maximum atomic E-state index is 12.0. The van der Waals surface area contributed by atoms with Crippen LogP contribution in [0.1, 0.15) is 47.2 Å². The fraction of sp³-hybridized carbons (Fsp3) is 0.161. The van der Waals surface area contributed by atoms with Crippen molar-refractivity contribution in [3.8, 4) is 23.0 Å². The zero-order valence-corrected chi connectivity index (χ0v) is 20.7. The predicted octanol–water partition coefficient (Wildman–Crippen LogP) is 5.72. The Kier molecular flexibility index (Phi) is 7.89. The average molecular weight is 497 g/mol. The largest absolute Gasteiger partial charge is 0.508 e. The second-order valence-electron chi connectivity index (χ2n) is 8.78. The summed E-state index contributed by atoms with van der Waals surface area (Å²) in [4.78, 5) is 23.5. The van der Waals surface area contributed by atoms with Crippen LogP contribution in [-0.4, -0.2) is 22.2 Å². The van der Waals surface area contributed by atoms with Gasteiger partial charge in [0.25, 0.3) is 0 Å². The minimum Gasteiger partial charge on any atom is -0.508 e. The van der Waals surface area contributed by atoms with Crippen LogP contribution in [0.2, 0.25) is 0 Å². The summed E-state index contributed by atoms with van der Waals surface area (Å²) in [6, 6.07) is 25.3. The highest BCUT2D eigenvalue weighted by atomic mass is 16.5. The Morgan fingerprint density at radius 2 is 1.03 bits per heavy atom. The van der Waals surface area contributed by atoms with Crippen molar-refractivity contribution in [2.75, 3.05) is 0 Å². The van der Waals surface area contributed by atoms with Gasteiger partial charge in [0.1, 0.15) is 23.0 Å². The van der Waals surface area contributed by atoms with Gasteiger partial charge in [-0.3, -0.25) is 9.59 Å². The number of benzene rings is 4. The summed E-state index contributed by atoms with van der Waals surface area (Å²) < 4.78 is 10.9. The number of esters is 2. The Morgan fingerprint density at radius 3 is 1.62 bits per heavy atom. The summed E-state index contributed by atoms with van der Waals surface area (Å²) >= 11 is 0. The molecule has 0 saturated heterocycles. The fourth-order valence-electron chi connectivity index (χ4n) is 4.30. The number of rotatable bonds is 8. The van der Waals surface area contributed by atoms with Gasteiger partial charge in [0, 0.05) is 33.1 Å². The second kappa shape index (κ2) is 11.4. The smallest absolute Gasteiger partial charge is 0.308 e. The number of para-hydroxylation sites is 4. The highest BCUT2D eigenvalue weighted by Gasteiger charge is 2.17. The summed E-state index contributed by atoms with van der Waals surface area (Å²) in [6.45, 7) is 2.70. The first-order valence-corrected chi connectivity index (χ1v) is 11.9. The zero-order valence-electron chi connectivity index (χ0n) is 20.7. The predicted molar refractivity (Wildman–Crippen MR) is 140 cm³/mol. The molecule has 0 amide bonds. The van der Waals surface area contributed by atoms with Gasteiger partial charge in [0.2, 0.25) is 0 Å². The van der Waals surface area contributed by atoms with Crippen LogP contribution in [0.25, 0.3) is 0 Å². The molecule has 0 atom stereocenters. The molecule has 0 radical (unpaired) electrons. The molecule has 0 aliphatic rings. The molecule has 0 saturated carbocycles. The third-order valence-corrected chi connectivity index (χ3v) is 5.99. The molecule has 4 aromatic rings. The summed E-state index contributed by atoms with van der Waals surface area (Å²) in [5, 5.41) is 21.4. The highest BCUT2D eigenvalue weighted by Crippen LogP contribution is 2.34. The van der Waals surface area contributed by atoms with Crippen LogP contribution in [0.4, 0.5) is 0 Å². The molecule has 188 valence electrons. The maximum absolute atomic E-state index is 12.0. The van der Waals surface area contributed by atoms with Gasteiger partial charge in [-0.1, -0.05) is 72.8 Å². The lowest BCUT2D eigenvalue weighted by molar-refractivity contribution is -0.132. The van der Waals surface area contributed by atoms with E-state index in [0.717, 1.165) is 16.7 Å². The second-order valence-corrected chi connectivity index (χ2v) is 8.78. The number of hydrogen-bond acceptors (Lipinski definition) is 6. The first kappa shape index (κ1) is 25.5. The monoisotopic (exact) mass is 496 g/mol. The lowest BCUT2D eigenvalue weighted by Crippen LogP contribution is -2.08. The van der Waals surface area contributed by atoms with E-state index < -0.39 is 11.9 Å². The molecule has 4 rings (SSSR count).